The van der Waals surface area contributed by atoms with Crippen LogP contribution in [0.2, 0.25) is 0 Å². The van der Waals surface area contributed by atoms with Crippen molar-refractivity contribution in [3.63, 3.8) is 0 Å². The summed E-state index contributed by atoms with van der Waals surface area (Å²) in [7, 11) is -6.63. The highest BCUT2D eigenvalue weighted by Gasteiger charge is 2.36. The SMILES string of the molecule is CCCOP(=O)(OCCC)OP(=O)(CCC)CCC. The van der Waals surface area contributed by atoms with Crippen molar-refractivity contribution >= 4 is 15.2 Å². The van der Waals surface area contributed by atoms with Crippen LogP contribution in [-0.2, 0) is 22.5 Å². The van der Waals surface area contributed by atoms with Crippen molar-refractivity contribution in [2.75, 3.05) is 25.5 Å². The fraction of sp³-hybridized carbons (Fsp3) is 1.00. The molecule has 0 aliphatic heterocycles. The first-order valence-electron chi connectivity index (χ1n) is 7.13. The molecule has 0 radical (unpaired) electrons. The van der Waals surface area contributed by atoms with Crippen molar-refractivity contribution in [3.05, 3.63) is 0 Å². The summed E-state index contributed by atoms with van der Waals surface area (Å²) >= 11 is 0. The van der Waals surface area contributed by atoms with E-state index in [1.807, 2.05) is 27.7 Å². The molecule has 0 spiro atoms. The van der Waals surface area contributed by atoms with Crippen LogP contribution in [0.4, 0.5) is 0 Å². The molecule has 116 valence electrons. The standard InChI is InChI=1S/C12H28O5P2/c1-5-9-15-19(14,16-10-6-2)17-18(13,11-7-3)12-8-4/h5-12H2,1-4H3. The lowest BCUT2D eigenvalue weighted by Crippen LogP contribution is -2.04. The van der Waals surface area contributed by atoms with Gasteiger partial charge < -0.3 is 0 Å². The Morgan fingerprint density at radius 3 is 1.47 bits per heavy atom. The number of phosphoric ester groups is 1. The normalized spacial score (nSPS) is 12.8. The maximum Gasteiger partial charge on any atom is 0.480 e. The van der Waals surface area contributed by atoms with E-state index in [2.05, 4.69) is 0 Å². The lowest BCUT2D eigenvalue weighted by Gasteiger charge is -2.23. The highest BCUT2D eigenvalue weighted by Crippen LogP contribution is 2.65. The van der Waals surface area contributed by atoms with Crippen LogP contribution in [0.3, 0.4) is 0 Å². The third kappa shape index (κ3) is 8.27. The van der Waals surface area contributed by atoms with Crippen LogP contribution in [0.25, 0.3) is 0 Å². The molecule has 0 aromatic carbocycles. The molecule has 0 rings (SSSR count). The van der Waals surface area contributed by atoms with Crippen molar-refractivity contribution in [1.82, 2.24) is 0 Å². The third-order valence-corrected chi connectivity index (χ3v) is 7.53. The first-order chi connectivity index (χ1) is 8.95. The van der Waals surface area contributed by atoms with Gasteiger partial charge in [0.25, 0.3) is 0 Å². The van der Waals surface area contributed by atoms with Crippen molar-refractivity contribution in [3.8, 4) is 0 Å². The quantitative estimate of drug-likeness (QED) is 0.471. The predicted molar refractivity (Wildman–Crippen MR) is 79.1 cm³/mol. The summed E-state index contributed by atoms with van der Waals surface area (Å²) in [4.78, 5) is 0. The second-order valence-corrected chi connectivity index (χ2v) is 9.04. The maximum absolute atomic E-state index is 12.6. The molecule has 0 unspecified atom stereocenters. The summed E-state index contributed by atoms with van der Waals surface area (Å²) < 4.78 is 40.9. The van der Waals surface area contributed by atoms with E-state index in [1.54, 1.807) is 0 Å². The van der Waals surface area contributed by atoms with Gasteiger partial charge in [-0.05, 0) is 25.7 Å². The first kappa shape index (κ1) is 19.3. The molecule has 0 saturated heterocycles. The van der Waals surface area contributed by atoms with Crippen LogP contribution < -0.4 is 0 Å². The van der Waals surface area contributed by atoms with Crippen LogP contribution in [0.1, 0.15) is 53.4 Å². The summed E-state index contributed by atoms with van der Waals surface area (Å²) in [5.74, 6) is 0. The smallest absolute Gasteiger partial charge is 0.292 e. The van der Waals surface area contributed by atoms with Gasteiger partial charge in [0.15, 0.2) is 0 Å². The Labute approximate surface area is 117 Å². The molecule has 0 fully saturated rings. The molecule has 0 aromatic rings. The molecular formula is C12H28O5P2. The van der Waals surface area contributed by atoms with Crippen LogP contribution in [0.15, 0.2) is 0 Å². The summed E-state index contributed by atoms with van der Waals surface area (Å²) in [5.41, 5.74) is 0. The van der Waals surface area contributed by atoms with Gasteiger partial charge in [0.2, 0.25) is 7.37 Å². The molecule has 19 heavy (non-hydrogen) atoms. The summed E-state index contributed by atoms with van der Waals surface area (Å²) in [6.07, 6.45) is 3.67. The van der Waals surface area contributed by atoms with Crippen LogP contribution in [0.5, 0.6) is 0 Å². The number of hydrogen-bond donors (Lipinski definition) is 0. The molecule has 0 aliphatic rings. The van der Waals surface area contributed by atoms with E-state index in [0.29, 0.717) is 25.2 Å². The van der Waals surface area contributed by atoms with Gasteiger partial charge in [-0.15, -0.1) is 0 Å². The van der Waals surface area contributed by atoms with E-state index in [1.165, 1.54) is 0 Å². The average Bonchev–Trinajstić information content (AvgIpc) is 2.34. The molecule has 0 N–H and O–H groups in total. The number of rotatable bonds is 12. The number of phosphoric acid groups is 1. The van der Waals surface area contributed by atoms with Crippen LogP contribution >= 0.6 is 15.2 Å². The van der Waals surface area contributed by atoms with E-state index < -0.39 is 15.2 Å². The van der Waals surface area contributed by atoms with Gasteiger partial charge in [0.1, 0.15) is 0 Å². The van der Waals surface area contributed by atoms with E-state index in [9.17, 15) is 9.13 Å². The van der Waals surface area contributed by atoms with E-state index in [0.717, 1.165) is 12.8 Å². The largest absolute Gasteiger partial charge is 0.480 e. The Kier molecular flexibility index (Phi) is 10.3. The minimum Gasteiger partial charge on any atom is -0.292 e. The fourth-order valence-electron chi connectivity index (χ4n) is 1.55. The predicted octanol–water partition coefficient (Wildman–Crippen LogP) is 5.06. The highest BCUT2D eigenvalue weighted by molar-refractivity contribution is 7.68. The van der Waals surface area contributed by atoms with Gasteiger partial charge in [0.05, 0.1) is 13.2 Å². The van der Waals surface area contributed by atoms with Gasteiger partial charge >= 0.3 is 7.82 Å². The zero-order chi connectivity index (χ0) is 14.8. The van der Waals surface area contributed by atoms with E-state index in [-0.39, 0.29) is 13.2 Å². The van der Waals surface area contributed by atoms with Crippen LogP contribution in [0, 0.1) is 0 Å². The fourth-order valence-corrected chi connectivity index (χ4v) is 6.51. The van der Waals surface area contributed by atoms with Gasteiger partial charge in [-0.25, -0.2) is 8.88 Å². The molecular weight excluding hydrogens is 286 g/mol. The topological polar surface area (TPSA) is 61.8 Å². The second-order valence-electron chi connectivity index (χ2n) is 4.46. The van der Waals surface area contributed by atoms with E-state index in [4.69, 9.17) is 13.4 Å². The minimum absolute atomic E-state index is 0.277. The Balaban J connectivity index is 4.83. The van der Waals surface area contributed by atoms with Gasteiger partial charge in [-0.2, -0.15) is 0 Å². The summed E-state index contributed by atoms with van der Waals surface area (Å²) in [6.45, 7) is 8.22. The molecule has 0 aromatic heterocycles. The maximum atomic E-state index is 12.6. The lowest BCUT2D eigenvalue weighted by molar-refractivity contribution is 0.156. The average molecular weight is 314 g/mol. The second kappa shape index (κ2) is 10.1. The lowest BCUT2D eigenvalue weighted by atomic mass is 10.5. The van der Waals surface area contributed by atoms with Crippen LogP contribution in [-0.4, -0.2) is 25.5 Å². The van der Waals surface area contributed by atoms with Crippen molar-refractivity contribution in [2.24, 2.45) is 0 Å². The zero-order valence-electron chi connectivity index (χ0n) is 12.6. The molecule has 7 heteroatoms. The monoisotopic (exact) mass is 314 g/mol. The Morgan fingerprint density at radius 2 is 1.16 bits per heavy atom. The first-order valence-corrected chi connectivity index (χ1v) is 10.6. The zero-order valence-corrected chi connectivity index (χ0v) is 14.4. The minimum atomic E-state index is -3.70. The molecule has 0 amide bonds. The summed E-state index contributed by atoms with van der Waals surface area (Å²) in [6, 6.07) is 0. The van der Waals surface area contributed by atoms with Gasteiger partial charge in [0, 0.05) is 12.3 Å². The summed E-state index contributed by atoms with van der Waals surface area (Å²) in [5, 5.41) is 0. The molecule has 0 atom stereocenters. The molecule has 0 bridgehead atoms. The van der Waals surface area contributed by atoms with Gasteiger partial charge in [-0.3, -0.25) is 13.6 Å². The molecule has 0 aliphatic carbocycles. The highest BCUT2D eigenvalue weighted by atomic mass is 31.3. The Hall–Kier alpha value is 0.340. The molecule has 5 nitrogen and oxygen atoms in total. The Bertz CT molecular complexity index is 297. The third-order valence-electron chi connectivity index (χ3n) is 2.28. The van der Waals surface area contributed by atoms with Crippen molar-refractivity contribution < 1.29 is 22.5 Å². The van der Waals surface area contributed by atoms with E-state index >= 15 is 0 Å². The van der Waals surface area contributed by atoms with Crippen molar-refractivity contribution in [1.29, 1.82) is 0 Å². The molecule has 0 saturated carbocycles. The van der Waals surface area contributed by atoms with Crippen molar-refractivity contribution in [2.45, 2.75) is 53.4 Å². The Morgan fingerprint density at radius 1 is 0.737 bits per heavy atom. The number of hydrogen-bond acceptors (Lipinski definition) is 5. The van der Waals surface area contributed by atoms with Gasteiger partial charge in [-0.1, -0.05) is 27.7 Å². The molecule has 0 heterocycles.